The molecule has 0 aromatic rings. The van der Waals surface area contributed by atoms with E-state index in [2.05, 4.69) is 22.5 Å². The predicted molar refractivity (Wildman–Crippen MR) is 79.2 cm³/mol. The molecule has 0 saturated carbocycles. The number of rotatable bonds is 6. The normalized spacial score (nSPS) is 17.8. The largest absolute Gasteiger partial charge is 0.369 e. The summed E-state index contributed by atoms with van der Waals surface area (Å²) >= 11 is 0. The number of primary amides is 1. The molecule has 1 fully saturated rings. The number of hydrogen-bond acceptors (Lipinski definition) is 3. The first kappa shape index (κ1) is 16.8. The predicted octanol–water partition coefficient (Wildman–Crippen LogP) is 0.529. The SMILES string of the molecule is CC1CCN(CCNC(=O)NCC(C)(C)C(N)=O)CC1. The van der Waals surface area contributed by atoms with Crippen LogP contribution in [-0.2, 0) is 4.79 Å². The molecule has 0 aromatic heterocycles. The topological polar surface area (TPSA) is 87.5 Å². The second-order valence-corrected chi connectivity index (χ2v) is 6.38. The lowest BCUT2D eigenvalue weighted by Gasteiger charge is -2.30. The molecule has 20 heavy (non-hydrogen) atoms. The molecule has 3 amide bonds. The number of carbonyl (C=O) groups excluding carboxylic acids is 2. The van der Waals surface area contributed by atoms with Crippen LogP contribution in [0.1, 0.15) is 33.6 Å². The highest BCUT2D eigenvalue weighted by molar-refractivity contribution is 5.81. The molecule has 0 aromatic carbocycles. The summed E-state index contributed by atoms with van der Waals surface area (Å²) in [5, 5.41) is 5.49. The first-order valence-corrected chi connectivity index (χ1v) is 7.35. The van der Waals surface area contributed by atoms with Crippen molar-refractivity contribution in [2.24, 2.45) is 17.1 Å². The summed E-state index contributed by atoms with van der Waals surface area (Å²) in [4.78, 5) is 25.1. The number of nitrogens with zero attached hydrogens (tertiary/aromatic N) is 1. The molecule has 0 bridgehead atoms. The summed E-state index contributed by atoms with van der Waals surface area (Å²) in [6.07, 6.45) is 2.47. The Kier molecular flexibility index (Phi) is 6.26. The summed E-state index contributed by atoms with van der Waals surface area (Å²) in [6.45, 7) is 9.67. The molecule has 0 aliphatic carbocycles. The summed E-state index contributed by atoms with van der Waals surface area (Å²) in [6, 6.07) is -0.246. The van der Waals surface area contributed by atoms with Gasteiger partial charge in [0.1, 0.15) is 0 Å². The van der Waals surface area contributed by atoms with Gasteiger partial charge in [-0.1, -0.05) is 6.92 Å². The molecule has 0 unspecified atom stereocenters. The van der Waals surface area contributed by atoms with E-state index in [0.29, 0.717) is 6.54 Å². The van der Waals surface area contributed by atoms with Gasteiger partial charge in [-0.2, -0.15) is 0 Å². The average molecular weight is 284 g/mol. The maximum atomic E-state index is 11.6. The number of amides is 3. The van der Waals surface area contributed by atoms with Gasteiger partial charge in [0.25, 0.3) is 0 Å². The first-order chi connectivity index (χ1) is 9.31. The Morgan fingerprint density at radius 2 is 1.85 bits per heavy atom. The van der Waals surface area contributed by atoms with Crippen LogP contribution < -0.4 is 16.4 Å². The Labute approximate surface area is 121 Å². The van der Waals surface area contributed by atoms with Crippen molar-refractivity contribution in [3.8, 4) is 0 Å². The lowest BCUT2D eigenvalue weighted by Crippen LogP contribution is -2.47. The van der Waals surface area contributed by atoms with Gasteiger partial charge in [-0.25, -0.2) is 4.79 Å². The Morgan fingerprint density at radius 1 is 1.25 bits per heavy atom. The maximum Gasteiger partial charge on any atom is 0.314 e. The van der Waals surface area contributed by atoms with E-state index in [1.54, 1.807) is 13.8 Å². The first-order valence-electron chi connectivity index (χ1n) is 7.35. The zero-order valence-corrected chi connectivity index (χ0v) is 12.9. The lowest BCUT2D eigenvalue weighted by molar-refractivity contribution is -0.125. The highest BCUT2D eigenvalue weighted by Crippen LogP contribution is 2.15. The number of likely N-dealkylation sites (tertiary alicyclic amines) is 1. The third kappa shape index (κ3) is 5.77. The zero-order chi connectivity index (χ0) is 15.2. The van der Waals surface area contributed by atoms with E-state index in [0.717, 1.165) is 25.6 Å². The monoisotopic (exact) mass is 284 g/mol. The van der Waals surface area contributed by atoms with Gasteiger partial charge < -0.3 is 21.3 Å². The van der Waals surface area contributed by atoms with E-state index >= 15 is 0 Å². The highest BCUT2D eigenvalue weighted by atomic mass is 16.2. The number of nitrogens with two attached hydrogens (primary N) is 1. The number of hydrogen-bond donors (Lipinski definition) is 3. The molecule has 0 spiro atoms. The van der Waals surface area contributed by atoms with E-state index in [1.165, 1.54) is 12.8 Å². The van der Waals surface area contributed by atoms with E-state index in [4.69, 9.17) is 5.73 Å². The molecule has 1 aliphatic rings. The van der Waals surface area contributed by atoms with E-state index in [1.807, 2.05) is 0 Å². The number of piperidine rings is 1. The third-order valence-electron chi connectivity index (χ3n) is 3.95. The third-order valence-corrected chi connectivity index (χ3v) is 3.95. The fourth-order valence-electron chi connectivity index (χ4n) is 2.06. The Hall–Kier alpha value is -1.30. The van der Waals surface area contributed by atoms with Crippen molar-refractivity contribution in [2.75, 3.05) is 32.7 Å². The van der Waals surface area contributed by atoms with Gasteiger partial charge in [0.05, 0.1) is 5.41 Å². The fraction of sp³-hybridized carbons (Fsp3) is 0.857. The highest BCUT2D eigenvalue weighted by Gasteiger charge is 2.25. The average Bonchev–Trinajstić information content (AvgIpc) is 2.39. The van der Waals surface area contributed by atoms with Crippen molar-refractivity contribution in [3.63, 3.8) is 0 Å². The van der Waals surface area contributed by atoms with E-state index in [9.17, 15) is 9.59 Å². The van der Waals surface area contributed by atoms with Gasteiger partial charge >= 0.3 is 6.03 Å². The molecule has 1 heterocycles. The molecule has 1 saturated heterocycles. The van der Waals surface area contributed by atoms with Crippen molar-refractivity contribution in [1.29, 1.82) is 0 Å². The number of carbonyl (C=O) groups is 2. The molecule has 0 atom stereocenters. The van der Waals surface area contributed by atoms with E-state index < -0.39 is 11.3 Å². The van der Waals surface area contributed by atoms with Crippen LogP contribution in [0.5, 0.6) is 0 Å². The van der Waals surface area contributed by atoms with Gasteiger partial charge in [-0.05, 0) is 45.7 Å². The smallest absolute Gasteiger partial charge is 0.314 e. The van der Waals surface area contributed by atoms with E-state index in [-0.39, 0.29) is 12.6 Å². The molecule has 1 aliphatic heterocycles. The van der Waals surface area contributed by atoms with Crippen molar-refractivity contribution < 1.29 is 9.59 Å². The quantitative estimate of drug-likeness (QED) is 0.665. The molecular formula is C14H28N4O2. The molecule has 4 N–H and O–H groups in total. The number of nitrogens with one attached hydrogen (secondary N) is 2. The summed E-state index contributed by atoms with van der Waals surface area (Å²) < 4.78 is 0. The van der Waals surface area contributed by atoms with Crippen molar-refractivity contribution >= 4 is 11.9 Å². The van der Waals surface area contributed by atoms with Crippen LogP contribution in [-0.4, -0.2) is 49.6 Å². The van der Waals surface area contributed by atoms with Crippen LogP contribution in [0.25, 0.3) is 0 Å². The molecule has 116 valence electrons. The molecule has 6 nitrogen and oxygen atoms in total. The van der Waals surface area contributed by atoms with Gasteiger partial charge in [0.2, 0.25) is 5.91 Å². The molecular weight excluding hydrogens is 256 g/mol. The second-order valence-electron chi connectivity index (χ2n) is 6.38. The van der Waals surface area contributed by atoms with Gasteiger partial charge in [0, 0.05) is 19.6 Å². The van der Waals surface area contributed by atoms with Crippen molar-refractivity contribution in [2.45, 2.75) is 33.6 Å². The van der Waals surface area contributed by atoms with Gasteiger partial charge in [0.15, 0.2) is 0 Å². The zero-order valence-electron chi connectivity index (χ0n) is 12.9. The maximum absolute atomic E-state index is 11.6. The van der Waals surface area contributed by atoms with Gasteiger partial charge in [-0.3, -0.25) is 4.79 Å². The Bertz CT molecular complexity index is 336. The lowest BCUT2D eigenvalue weighted by atomic mass is 9.93. The summed E-state index contributed by atoms with van der Waals surface area (Å²) in [7, 11) is 0. The molecule has 1 rings (SSSR count). The van der Waals surface area contributed by atoms with Crippen molar-refractivity contribution in [1.82, 2.24) is 15.5 Å². The van der Waals surface area contributed by atoms with Crippen LogP contribution in [0.3, 0.4) is 0 Å². The van der Waals surface area contributed by atoms with Gasteiger partial charge in [-0.15, -0.1) is 0 Å². The van der Waals surface area contributed by atoms with Crippen molar-refractivity contribution in [3.05, 3.63) is 0 Å². The minimum Gasteiger partial charge on any atom is -0.369 e. The second kappa shape index (κ2) is 7.47. The summed E-state index contributed by atoms with van der Waals surface area (Å²) in [5.41, 5.74) is 4.53. The molecule has 0 radical (unpaired) electrons. The number of urea groups is 1. The minimum atomic E-state index is -0.722. The summed E-state index contributed by atoms with van der Waals surface area (Å²) in [5.74, 6) is 0.402. The van der Waals surface area contributed by atoms with Crippen LogP contribution >= 0.6 is 0 Å². The Morgan fingerprint density at radius 3 is 2.40 bits per heavy atom. The molecule has 6 heteroatoms. The fourth-order valence-corrected chi connectivity index (χ4v) is 2.06. The minimum absolute atomic E-state index is 0.245. The Balaban J connectivity index is 2.13. The standard InChI is InChI=1S/C14H28N4O2/c1-11-4-7-18(8-5-11)9-6-16-13(20)17-10-14(2,3)12(15)19/h11H,4-10H2,1-3H3,(H2,15,19)(H2,16,17,20). The van der Waals surface area contributed by atoms with Crippen LogP contribution in [0.2, 0.25) is 0 Å². The van der Waals surface area contributed by atoms with Crippen LogP contribution in [0, 0.1) is 11.3 Å². The van der Waals surface area contributed by atoms with Crippen LogP contribution in [0.4, 0.5) is 4.79 Å². The van der Waals surface area contributed by atoms with Crippen LogP contribution in [0.15, 0.2) is 0 Å².